The average Bonchev–Trinajstić information content (AvgIpc) is 2.93. The molecule has 1 aromatic carbocycles. The second kappa shape index (κ2) is 5.44. The van der Waals surface area contributed by atoms with Gasteiger partial charge >= 0.3 is 6.09 Å². The summed E-state index contributed by atoms with van der Waals surface area (Å²) in [5.41, 5.74) is 3.69. The highest BCUT2D eigenvalue weighted by molar-refractivity contribution is 5.95. The zero-order valence-corrected chi connectivity index (χ0v) is 12.0. The van der Waals surface area contributed by atoms with E-state index >= 15 is 0 Å². The number of aryl methyl sites for hydroxylation is 1. The van der Waals surface area contributed by atoms with Crippen LogP contribution in [0.2, 0.25) is 0 Å². The molecule has 1 fully saturated rings. The van der Waals surface area contributed by atoms with Crippen molar-refractivity contribution in [2.75, 3.05) is 25.2 Å². The fourth-order valence-electron chi connectivity index (χ4n) is 2.47. The molecule has 1 aliphatic rings. The molecule has 0 saturated carbocycles. The second-order valence-electron chi connectivity index (χ2n) is 4.85. The second-order valence-corrected chi connectivity index (χ2v) is 4.85. The lowest BCUT2D eigenvalue weighted by molar-refractivity contribution is 0.181. The van der Waals surface area contributed by atoms with Crippen LogP contribution in [0.25, 0.3) is 11.1 Å². The molecule has 2 heterocycles. The molecule has 21 heavy (non-hydrogen) atoms. The fourth-order valence-corrected chi connectivity index (χ4v) is 2.47. The quantitative estimate of drug-likeness (QED) is 0.869. The SMILES string of the molecule is COc1ncccc1-c1cc(C)ccc1N1CCOC1=O. The van der Waals surface area contributed by atoms with Gasteiger partial charge in [0.15, 0.2) is 0 Å². The molecule has 0 spiro atoms. The Balaban J connectivity index is 2.17. The summed E-state index contributed by atoms with van der Waals surface area (Å²) in [5.74, 6) is 0.539. The summed E-state index contributed by atoms with van der Waals surface area (Å²) < 4.78 is 10.4. The van der Waals surface area contributed by atoms with Crippen LogP contribution in [-0.4, -0.2) is 31.3 Å². The highest BCUT2D eigenvalue weighted by Crippen LogP contribution is 2.37. The van der Waals surface area contributed by atoms with Gasteiger partial charge in [-0.1, -0.05) is 11.6 Å². The van der Waals surface area contributed by atoms with Gasteiger partial charge in [-0.15, -0.1) is 0 Å². The van der Waals surface area contributed by atoms with Crippen molar-refractivity contribution >= 4 is 11.8 Å². The lowest BCUT2D eigenvalue weighted by atomic mass is 10.0. The topological polar surface area (TPSA) is 51.7 Å². The van der Waals surface area contributed by atoms with E-state index in [-0.39, 0.29) is 6.09 Å². The molecule has 2 aromatic rings. The van der Waals surface area contributed by atoms with Crippen LogP contribution in [0.15, 0.2) is 36.5 Å². The van der Waals surface area contributed by atoms with Crippen molar-refractivity contribution < 1.29 is 14.3 Å². The minimum Gasteiger partial charge on any atom is -0.481 e. The van der Waals surface area contributed by atoms with Gasteiger partial charge < -0.3 is 9.47 Å². The van der Waals surface area contributed by atoms with E-state index in [9.17, 15) is 4.79 Å². The number of pyridine rings is 1. The molecular formula is C16H16N2O3. The number of anilines is 1. The van der Waals surface area contributed by atoms with Crippen molar-refractivity contribution in [3.63, 3.8) is 0 Å². The standard InChI is InChI=1S/C16H16N2O3/c1-11-5-6-14(18-8-9-21-16(18)19)13(10-11)12-4-3-7-17-15(12)20-2/h3-7,10H,8-9H2,1-2H3. The van der Waals surface area contributed by atoms with Crippen LogP contribution in [0.4, 0.5) is 10.5 Å². The number of hydrogen-bond donors (Lipinski definition) is 0. The maximum absolute atomic E-state index is 11.9. The molecule has 0 atom stereocenters. The summed E-state index contributed by atoms with van der Waals surface area (Å²) in [6, 6.07) is 9.73. The predicted octanol–water partition coefficient (Wildman–Crippen LogP) is 3.02. The van der Waals surface area contributed by atoms with Gasteiger partial charge in [-0.3, -0.25) is 4.90 Å². The van der Waals surface area contributed by atoms with Crippen molar-refractivity contribution in [2.45, 2.75) is 6.92 Å². The summed E-state index contributed by atoms with van der Waals surface area (Å²) in [6.45, 7) is 2.98. The van der Waals surface area contributed by atoms with Crippen molar-refractivity contribution in [2.24, 2.45) is 0 Å². The molecule has 1 saturated heterocycles. The van der Waals surface area contributed by atoms with E-state index < -0.39 is 0 Å². The van der Waals surface area contributed by atoms with Crippen molar-refractivity contribution in [3.8, 4) is 17.0 Å². The highest BCUT2D eigenvalue weighted by Gasteiger charge is 2.26. The molecule has 0 bridgehead atoms. The predicted molar refractivity (Wildman–Crippen MR) is 79.7 cm³/mol. The molecule has 0 aliphatic carbocycles. The zero-order chi connectivity index (χ0) is 14.8. The molecule has 3 rings (SSSR count). The monoisotopic (exact) mass is 284 g/mol. The van der Waals surface area contributed by atoms with Crippen LogP contribution in [0.5, 0.6) is 5.88 Å². The van der Waals surface area contributed by atoms with E-state index in [1.54, 1.807) is 18.2 Å². The number of rotatable bonds is 3. The molecule has 0 N–H and O–H groups in total. The summed E-state index contributed by atoms with van der Waals surface area (Å²) in [5, 5.41) is 0. The van der Waals surface area contributed by atoms with Crippen molar-refractivity contribution in [3.05, 3.63) is 42.1 Å². The Bertz CT molecular complexity index is 685. The van der Waals surface area contributed by atoms with Gasteiger partial charge in [-0.25, -0.2) is 9.78 Å². The number of carbonyl (C=O) groups is 1. The first kappa shape index (κ1) is 13.4. The molecular weight excluding hydrogens is 268 g/mol. The number of cyclic esters (lactones) is 1. The number of benzene rings is 1. The van der Waals surface area contributed by atoms with Crippen LogP contribution in [0, 0.1) is 6.92 Å². The fraction of sp³-hybridized carbons (Fsp3) is 0.250. The molecule has 0 unspecified atom stereocenters. The van der Waals surface area contributed by atoms with E-state index in [1.165, 1.54) is 0 Å². The maximum Gasteiger partial charge on any atom is 0.414 e. The van der Waals surface area contributed by atoms with Crippen LogP contribution < -0.4 is 9.64 Å². The maximum atomic E-state index is 11.9. The van der Waals surface area contributed by atoms with Gasteiger partial charge in [0, 0.05) is 17.3 Å². The third-order valence-electron chi connectivity index (χ3n) is 3.46. The van der Waals surface area contributed by atoms with Crippen LogP contribution in [0.3, 0.4) is 0 Å². The van der Waals surface area contributed by atoms with Gasteiger partial charge in [0.1, 0.15) is 6.61 Å². The van der Waals surface area contributed by atoms with Crippen LogP contribution in [-0.2, 0) is 4.74 Å². The van der Waals surface area contributed by atoms with Gasteiger partial charge in [-0.2, -0.15) is 0 Å². The minimum atomic E-state index is -0.317. The Morgan fingerprint density at radius 1 is 1.29 bits per heavy atom. The number of carbonyl (C=O) groups excluding carboxylic acids is 1. The number of aromatic nitrogens is 1. The summed E-state index contributed by atoms with van der Waals surface area (Å²) >= 11 is 0. The van der Waals surface area contributed by atoms with E-state index in [1.807, 2.05) is 37.3 Å². The Hall–Kier alpha value is -2.56. The zero-order valence-electron chi connectivity index (χ0n) is 12.0. The lowest BCUT2D eigenvalue weighted by Gasteiger charge is -2.19. The smallest absolute Gasteiger partial charge is 0.414 e. The third kappa shape index (κ3) is 2.42. The summed E-state index contributed by atoms with van der Waals surface area (Å²) in [7, 11) is 1.59. The number of amides is 1. The Kier molecular flexibility index (Phi) is 3.48. The van der Waals surface area contributed by atoms with E-state index in [2.05, 4.69) is 4.98 Å². The normalized spacial score (nSPS) is 14.2. The van der Waals surface area contributed by atoms with E-state index in [0.29, 0.717) is 19.0 Å². The minimum absolute atomic E-state index is 0.317. The van der Waals surface area contributed by atoms with E-state index in [0.717, 1.165) is 22.4 Å². The Morgan fingerprint density at radius 2 is 2.14 bits per heavy atom. The number of hydrogen-bond acceptors (Lipinski definition) is 4. The molecule has 5 heteroatoms. The molecule has 5 nitrogen and oxygen atoms in total. The Morgan fingerprint density at radius 3 is 2.86 bits per heavy atom. The van der Waals surface area contributed by atoms with Crippen molar-refractivity contribution in [1.82, 2.24) is 4.98 Å². The first-order valence-corrected chi connectivity index (χ1v) is 6.75. The molecule has 1 aliphatic heterocycles. The molecule has 108 valence electrons. The summed E-state index contributed by atoms with van der Waals surface area (Å²) in [6.07, 6.45) is 1.37. The van der Waals surface area contributed by atoms with E-state index in [4.69, 9.17) is 9.47 Å². The molecule has 1 amide bonds. The Labute approximate surface area is 123 Å². The third-order valence-corrected chi connectivity index (χ3v) is 3.46. The lowest BCUT2D eigenvalue weighted by Crippen LogP contribution is -2.24. The van der Waals surface area contributed by atoms with Gasteiger partial charge in [0.2, 0.25) is 5.88 Å². The number of methoxy groups -OCH3 is 1. The highest BCUT2D eigenvalue weighted by atomic mass is 16.6. The van der Waals surface area contributed by atoms with Crippen molar-refractivity contribution in [1.29, 1.82) is 0 Å². The van der Waals surface area contributed by atoms with Crippen LogP contribution >= 0.6 is 0 Å². The first-order chi connectivity index (χ1) is 10.2. The average molecular weight is 284 g/mol. The van der Waals surface area contributed by atoms with Gasteiger partial charge in [-0.05, 0) is 31.2 Å². The van der Waals surface area contributed by atoms with Gasteiger partial charge in [0.05, 0.1) is 19.3 Å². The summed E-state index contributed by atoms with van der Waals surface area (Å²) in [4.78, 5) is 17.7. The van der Waals surface area contributed by atoms with Gasteiger partial charge in [0.25, 0.3) is 0 Å². The largest absolute Gasteiger partial charge is 0.481 e. The molecule has 0 radical (unpaired) electrons. The first-order valence-electron chi connectivity index (χ1n) is 6.75. The van der Waals surface area contributed by atoms with Crippen LogP contribution in [0.1, 0.15) is 5.56 Å². The number of ether oxygens (including phenoxy) is 2. The number of nitrogens with zero attached hydrogens (tertiary/aromatic N) is 2. The molecule has 1 aromatic heterocycles.